The molecule has 2 amide bonds. The average molecular weight is 748 g/mol. The number of imidazole rings is 1. The quantitative estimate of drug-likeness (QED) is 0.0544. The molecule has 4 aromatic rings. The van der Waals surface area contributed by atoms with E-state index in [1.165, 1.54) is 12.7 Å². The zero-order valence-corrected chi connectivity index (χ0v) is 30.4. The highest BCUT2D eigenvalue weighted by molar-refractivity contribution is 5.85. The van der Waals surface area contributed by atoms with Crippen LogP contribution in [0.5, 0.6) is 0 Å². The summed E-state index contributed by atoms with van der Waals surface area (Å²) in [6.45, 7) is -0.390. The molecule has 0 bridgehead atoms. The maximum atomic E-state index is 12.8. The lowest BCUT2D eigenvalue weighted by Gasteiger charge is -2.44. The normalized spacial score (nSPS) is 20.5. The van der Waals surface area contributed by atoms with Gasteiger partial charge in [0.2, 0.25) is 11.8 Å². The molecule has 2 aromatic carbocycles. The molecule has 292 valence electrons. The number of nitrogens with zero attached hydrogens (tertiary/aromatic N) is 3. The summed E-state index contributed by atoms with van der Waals surface area (Å²) in [4.78, 5) is 40.2. The van der Waals surface area contributed by atoms with Crippen LogP contribution in [-0.2, 0) is 19.1 Å². The Morgan fingerprint density at radius 3 is 2.09 bits per heavy atom. The maximum absolute atomic E-state index is 12.8. The average Bonchev–Trinajstić information content (AvgIpc) is 3.69. The van der Waals surface area contributed by atoms with Crippen LogP contribution < -0.4 is 16.0 Å². The molecule has 0 aliphatic carbocycles. The lowest BCUT2D eigenvalue weighted by Crippen LogP contribution is -2.68. The van der Waals surface area contributed by atoms with Gasteiger partial charge in [-0.1, -0.05) is 106 Å². The van der Waals surface area contributed by atoms with Crippen LogP contribution in [0, 0.1) is 0 Å². The minimum absolute atomic E-state index is 0.0584. The number of carbonyl (C=O) groups is 2. The lowest BCUT2D eigenvalue weighted by molar-refractivity contribution is -0.204. The first-order valence-corrected chi connectivity index (χ1v) is 18.8. The van der Waals surface area contributed by atoms with E-state index in [0.29, 0.717) is 24.2 Å². The van der Waals surface area contributed by atoms with Crippen molar-refractivity contribution >= 4 is 28.8 Å². The SMILES string of the molecule is O=C(CCCCCCCCCCCOC(c1ccccc1)c1ccccc1)NCC(=O)N[C@@H]1[C@@H](O)[C@@H](O)[C@@H](Nc2ncnc3nc[nH]c23)O[C@H]1[C@@H](O)CO. The Morgan fingerprint density at radius 2 is 1.44 bits per heavy atom. The number of fused-ring (bicyclic) bond motifs is 1. The number of benzene rings is 2. The molecule has 54 heavy (non-hydrogen) atoms. The predicted molar refractivity (Wildman–Crippen MR) is 201 cm³/mol. The van der Waals surface area contributed by atoms with Crippen molar-refractivity contribution in [2.75, 3.05) is 25.1 Å². The molecule has 5 rings (SSSR count). The van der Waals surface area contributed by atoms with Crippen molar-refractivity contribution in [2.45, 2.75) is 107 Å². The van der Waals surface area contributed by atoms with E-state index in [1.807, 2.05) is 36.4 Å². The van der Waals surface area contributed by atoms with Crippen LogP contribution in [0.2, 0.25) is 0 Å². The number of rotatable bonds is 22. The molecule has 2 aromatic heterocycles. The highest BCUT2D eigenvalue weighted by Gasteiger charge is 2.48. The molecular formula is C39H53N7O8. The van der Waals surface area contributed by atoms with Crippen LogP contribution in [0.4, 0.5) is 5.82 Å². The summed E-state index contributed by atoms with van der Waals surface area (Å²) in [6, 6.07) is 19.3. The Bertz CT molecular complexity index is 1660. The molecule has 0 spiro atoms. The van der Waals surface area contributed by atoms with Gasteiger partial charge in [-0.3, -0.25) is 9.59 Å². The molecule has 8 N–H and O–H groups in total. The summed E-state index contributed by atoms with van der Waals surface area (Å²) >= 11 is 0. The Kier molecular flexibility index (Phi) is 16.1. The smallest absolute Gasteiger partial charge is 0.239 e. The van der Waals surface area contributed by atoms with Crippen LogP contribution in [0.3, 0.4) is 0 Å². The first-order valence-electron chi connectivity index (χ1n) is 18.8. The number of aromatic amines is 1. The number of carbonyl (C=O) groups excluding carboxylic acids is 2. The third-order valence-electron chi connectivity index (χ3n) is 9.57. The topological polar surface area (TPSA) is 224 Å². The number of unbranched alkanes of at least 4 members (excludes halogenated alkanes) is 8. The van der Waals surface area contributed by atoms with Gasteiger partial charge in [-0.25, -0.2) is 15.0 Å². The fraction of sp³-hybridized carbons (Fsp3) is 0.513. The van der Waals surface area contributed by atoms with Crippen molar-refractivity contribution < 1.29 is 39.5 Å². The summed E-state index contributed by atoms with van der Waals surface area (Å²) in [6.07, 6.45) is 4.98. The van der Waals surface area contributed by atoms with Crippen molar-refractivity contribution in [1.29, 1.82) is 0 Å². The van der Waals surface area contributed by atoms with E-state index < -0.39 is 49.2 Å². The highest BCUT2D eigenvalue weighted by Crippen LogP contribution is 2.27. The highest BCUT2D eigenvalue weighted by atomic mass is 16.5. The van der Waals surface area contributed by atoms with Crippen molar-refractivity contribution in [2.24, 2.45) is 0 Å². The van der Waals surface area contributed by atoms with Gasteiger partial charge in [0, 0.05) is 13.0 Å². The van der Waals surface area contributed by atoms with Gasteiger partial charge in [-0.05, 0) is 24.0 Å². The van der Waals surface area contributed by atoms with Gasteiger partial charge in [-0.15, -0.1) is 0 Å². The number of H-pyrrole nitrogens is 1. The van der Waals surface area contributed by atoms with Crippen molar-refractivity contribution in [3.63, 3.8) is 0 Å². The van der Waals surface area contributed by atoms with Crippen LogP contribution in [0.1, 0.15) is 81.4 Å². The molecule has 15 nitrogen and oxygen atoms in total. The van der Waals surface area contributed by atoms with Gasteiger partial charge in [0.05, 0.1) is 25.5 Å². The number of hydrogen-bond donors (Lipinski definition) is 8. The molecule has 3 heterocycles. The molecule has 1 aliphatic rings. The van der Waals surface area contributed by atoms with E-state index in [1.54, 1.807) is 0 Å². The minimum atomic E-state index is -1.60. The van der Waals surface area contributed by atoms with Crippen molar-refractivity contribution in [1.82, 2.24) is 30.6 Å². The fourth-order valence-electron chi connectivity index (χ4n) is 6.62. The number of amides is 2. The van der Waals surface area contributed by atoms with Gasteiger partial charge in [-0.2, -0.15) is 0 Å². The number of nitrogens with one attached hydrogen (secondary N) is 4. The van der Waals surface area contributed by atoms with Crippen LogP contribution in [0.25, 0.3) is 11.2 Å². The van der Waals surface area contributed by atoms with Gasteiger partial charge >= 0.3 is 0 Å². The summed E-state index contributed by atoms with van der Waals surface area (Å²) in [5, 5.41) is 49.8. The third kappa shape index (κ3) is 11.7. The van der Waals surface area contributed by atoms with Gasteiger partial charge in [0.1, 0.15) is 42.4 Å². The Morgan fingerprint density at radius 1 is 0.815 bits per heavy atom. The first-order chi connectivity index (χ1) is 26.4. The number of aromatic nitrogens is 4. The zero-order valence-electron chi connectivity index (χ0n) is 30.4. The van der Waals surface area contributed by atoms with Gasteiger partial charge in [0.15, 0.2) is 17.7 Å². The standard InChI is InChI=1S/C39H53N7O8/c47-23-28(48)36-31(33(51)34(52)39(54-36)46-38-32-37(42-24-41-32)43-25-44-38)45-30(50)22-40-29(49)20-14-6-4-2-1-3-5-7-15-21-53-35(26-16-10-8-11-17-26)27-18-12-9-13-19-27/h8-13,16-19,24-25,28,31,33-36,39,47-48,51-52H,1-7,14-15,20-23H2,(H,40,49)(H,45,50)(H2,41,42,43,44,46)/t28-,31+,33+,34+,36-,39-/m0/s1. The number of anilines is 1. The van der Waals surface area contributed by atoms with Crippen LogP contribution in [0.15, 0.2) is 73.3 Å². The van der Waals surface area contributed by atoms with E-state index in [4.69, 9.17) is 9.47 Å². The van der Waals surface area contributed by atoms with Crippen LogP contribution in [-0.4, -0.2) is 109 Å². The second kappa shape index (κ2) is 21.4. The van der Waals surface area contributed by atoms with Gasteiger partial charge < -0.3 is 50.8 Å². The Balaban J connectivity index is 0.919. The first kappa shape index (κ1) is 40.7. The number of ether oxygens (including phenoxy) is 2. The fourth-order valence-corrected chi connectivity index (χ4v) is 6.62. The van der Waals surface area contributed by atoms with Crippen LogP contribution >= 0.6 is 0 Å². The van der Waals surface area contributed by atoms with Crippen molar-refractivity contribution in [3.05, 3.63) is 84.4 Å². The Labute approximate surface area is 314 Å². The largest absolute Gasteiger partial charge is 0.394 e. The van der Waals surface area contributed by atoms with E-state index in [9.17, 15) is 30.0 Å². The summed E-state index contributed by atoms with van der Waals surface area (Å²) < 4.78 is 12.1. The molecule has 1 saturated heterocycles. The number of aliphatic hydroxyl groups is 4. The summed E-state index contributed by atoms with van der Waals surface area (Å²) in [5.74, 6) is -0.708. The van der Waals surface area contributed by atoms with E-state index in [0.717, 1.165) is 62.5 Å². The summed E-state index contributed by atoms with van der Waals surface area (Å²) in [7, 11) is 0. The number of hydrogen-bond acceptors (Lipinski definition) is 12. The molecule has 15 heteroatoms. The molecule has 6 atom stereocenters. The van der Waals surface area contributed by atoms with E-state index in [-0.39, 0.29) is 30.8 Å². The second-order valence-electron chi connectivity index (χ2n) is 13.6. The van der Waals surface area contributed by atoms with Crippen molar-refractivity contribution in [3.8, 4) is 0 Å². The molecule has 0 unspecified atom stereocenters. The van der Waals surface area contributed by atoms with E-state index in [2.05, 4.69) is 60.2 Å². The van der Waals surface area contributed by atoms with E-state index >= 15 is 0 Å². The molecular weight excluding hydrogens is 694 g/mol. The zero-order chi connectivity index (χ0) is 38.1. The molecule has 0 saturated carbocycles. The predicted octanol–water partition coefficient (Wildman–Crippen LogP) is 2.87. The lowest BCUT2D eigenvalue weighted by atomic mass is 9.92. The third-order valence-corrected chi connectivity index (χ3v) is 9.57. The number of aliphatic hydroxyl groups excluding tert-OH is 4. The second-order valence-corrected chi connectivity index (χ2v) is 13.6. The maximum Gasteiger partial charge on any atom is 0.239 e. The van der Waals surface area contributed by atoms with Gasteiger partial charge in [0.25, 0.3) is 0 Å². The summed E-state index contributed by atoms with van der Waals surface area (Å²) in [5.41, 5.74) is 3.10. The Hall–Kier alpha value is -4.51. The molecule has 0 radical (unpaired) electrons. The minimum Gasteiger partial charge on any atom is -0.394 e. The molecule has 1 fully saturated rings. The molecule has 1 aliphatic heterocycles. The monoisotopic (exact) mass is 747 g/mol.